The Morgan fingerprint density at radius 2 is 1.93 bits per heavy atom. The van der Waals surface area contributed by atoms with Crippen molar-refractivity contribution in [3.8, 4) is 0 Å². The van der Waals surface area contributed by atoms with Crippen molar-refractivity contribution in [2.24, 2.45) is 0 Å². The smallest absolute Gasteiger partial charge is 0.240 e. The number of amides is 1. The minimum atomic E-state index is -0.0375. The van der Waals surface area contributed by atoms with Crippen LogP contribution in [0, 0.1) is 0 Å². The van der Waals surface area contributed by atoms with Crippen LogP contribution in [0.3, 0.4) is 0 Å². The van der Waals surface area contributed by atoms with Crippen LogP contribution in [0.5, 0.6) is 0 Å². The fraction of sp³-hybridized carbons (Fsp3) is 0.476. The third-order valence-corrected chi connectivity index (χ3v) is 7.36. The summed E-state index contributed by atoms with van der Waals surface area (Å²) in [5, 5.41) is 8.06. The molecule has 1 unspecified atom stereocenters. The molecule has 2 saturated heterocycles. The molecule has 2 fully saturated rings. The Hall–Kier alpha value is -1.34. The van der Waals surface area contributed by atoms with Crippen molar-refractivity contribution in [1.82, 2.24) is 15.1 Å². The topological polar surface area (TPSA) is 35.6 Å². The van der Waals surface area contributed by atoms with Crippen molar-refractivity contribution < 1.29 is 4.79 Å². The van der Waals surface area contributed by atoms with Crippen LogP contribution in [0.2, 0.25) is 0 Å². The van der Waals surface area contributed by atoms with E-state index >= 15 is 0 Å². The monoisotopic (exact) mass is 401 g/mol. The van der Waals surface area contributed by atoms with Crippen molar-refractivity contribution in [2.45, 2.75) is 24.3 Å². The van der Waals surface area contributed by atoms with Gasteiger partial charge in [0.25, 0.3) is 0 Å². The Kier molecular flexibility index (Phi) is 6.50. The van der Waals surface area contributed by atoms with E-state index in [4.69, 9.17) is 0 Å². The maximum atomic E-state index is 12.9. The summed E-state index contributed by atoms with van der Waals surface area (Å²) in [6, 6.07) is 12.8. The molecular weight excluding hydrogens is 374 g/mol. The summed E-state index contributed by atoms with van der Waals surface area (Å²) in [4.78, 5) is 17.4. The molecule has 2 atom stereocenters. The summed E-state index contributed by atoms with van der Waals surface area (Å²) in [5.74, 6) is 1.15. The van der Waals surface area contributed by atoms with Gasteiger partial charge in [-0.25, -0.2) is 0 Å². The second-order valence-corrected chi connectivity index (χ2v) is 9.16. The lowest BCUT2D eigenvalue weighted by Gasteiger charge is -2.36. The fourth-order valence-corrected chi connectivity index (χ4v) is 5.79. The van der Waals surface area contributed by atoms with Gasteiger partial charge in [-0.2, -0.15) is 11.3 Å². The van der Waals surface area contributed by atoms with Crippen LogP contribution in [0.4, 0.5) is 0 Å². The van der Waals surface area contributed by atoms with E-state index in [9.17, 15) is 4.79 Å². The summed E-state index contributed by atoms with van der Waals surface area (Å²) in [6.07, 6.45) is 2.31. The van der Waals surface area contributed by atoms with Gasteiger partial charge in [0.15, 0.2) is 0 Å². The molecule has 2 aliphatic heterocycles. The van der Waals surface area contributed by atoms with Gasteiger partial charge in [0, 0.05) is 31.9 Å². The molecule has 0 aliphatic carbocycles. The van der Waals surface area contributed by atoms with Gasteiger partial charge >= 0.3 is 0 Å². The third kappa shape index (κ3) is 4.93. The first kappa shape index (κ1) is 19.0. The van der Waals surface area contributed by atoms with E-state index in [1.165, 1.54) is 17.5 Å². The van der Waals surface area contributed by atoms with Gasteiger partial charge in [-0.15, -0.1) is 11.8 Å². The SMILES string of the molecule is O=C([C@@H]1CSC(c2ccsc2)N1)N1CCN(CCCc2ccccc2)CC1. The van der Waals surface area contributed by atoms with Crippen molar-refractivity contribution in [1.29, 1.82) is 0 Å². The van der Waals surface area contributed by atoms with Crippen molar-refractivity contribution >= 4 is 29.0 Å². The molecule has 0 saturated carbocycles. The minimum absolute atomic E-state index is 0.0375. The van der Waals surface area contributed by atoms with Crippen LogP contribution >= 0.6 is 23.1 Å². The number of benzene rings is 1. The molecule has 0 spiro atoms. The zero-order chi connectivity index (χ0) is 18.5. The number of carbonyl (C=O) groups excluding carboxylic acids is 1. The van der Waals surface area contributed by atoms with E-state index in [1.807, 2.05) is 11.8 Å². The van der Waals surface area contributed by atoms with E-state index in [0.717, 1.165) is 44.9 Å². The average Bonchev–Trinajstić information content (AvgIpc) is 3.41. The third-order valence-electron chi connectivity index (χ3n) is 5.39. The Balaban J connectivity index is 1.18. The zero-order valence-corrected chi connectivity index (χ0v) is 17.2. The minimum Gasteiger partial charge on any atom is -0.339 e. The highest BCUT2D eigenvalue weighted by Crippen LogP contribution is 2.34. The number of nitrogens with zero attached hydrogens (tertiary/aromatic N) is 2. The van der Waals surface area contributed by atoms with Gasteiger partial charge in [-0.3, -0.25) is 15.0 Å². The number of carbonyl (C=O) groups is 1. The molecule has 1 amide bonds. The van der Waals surface area contributed by atoms with Crippen molar-refractivity contribution in [2.75, 3.05) is 38.5 Å². The van der Waals surface area contributed by atoms with Crippen LogP contribution in [-0.2, 0) is 11.2 Å². The Labute approximate surface area is 169 Å². The van der Waals surface area contributed by atoms with E-state index in [0.29, 0.717) is 0 Å². The molecule has 0 radical (unpaired) electrons. The molecule has 0 bridgehead atoms. The van der Waals surface area contributed by atoms with Gasteiger partial charge in [0.2, 0.25) is 5.91 Å². The molecule has 2 aromatic rings. The zero-order valence-electron chi connectivity index (χ0n) is 15.5. The molecule has 144 valence electrons. The molecule has 4 nitrogen and oxygen atoms in total. The molecule has 27 heavy (non-hydrogen) atoms. The van der Waals surface area contributed by atoms with Crippen LogP contribution in [0.1, 0.15) is 22.9 Å². The molecular formula is C21H27N3OS2. The van der Waals surface area contributed by atoms with Crippen LogP contribution in [-0.4, -0.2) is 60.2 Å². The Morgan fingerprint density at radius 3 is 2.67 bits per heavy atom. The van der Waals surface area contributed by atoms with E-state index in [-0.39, 0.29) is 17.3 Å². The average molecular weight is 402 g/mol. The summed E-state index contributed by atoms with van der Waals surface area (Å²) in [7, 11) is 0. The quantitative estimate of drug-likeness (QED) is 0.806. The van der Waals surface area contributed by atoms with E-state index in [1.54, 1.807) is 11.3 Å². The molecule has 1 aromatic heterocycles. The van der Waals surface area contributed by atoms with Gasteiger partial charge < -0.3 is 4.90 Å². The van der Waals surface area contributed by atoms with Crippen LogP contribution in [0.25, 0.3) is 0 Å². The predicted molar refractivity (Wildman–Crippen MR) is 114 cm³/mol. The standard InChI is InChI=1S/C21H27N3OS2/c25-21(19-16-27-20(22-19)18-8-14-26-15-18)24-12-10-23(11-13-24)9-4-7-17-5-2-1-3-6-17/h1-3,5-6,8,14-15,19-20,22H,4,7,9-13,16H2/t19-,20?/m0/s1. The van der Waals surface area contributed by atoms with E-state index < -0.39 is 0 Å². The molecule has 1 N–H and O–H groups in total. The highest BCUT2D eigenvalue weighted by atomic mass is 32.2. The summed E-state index contributed by atoms with van der Waals surface area (Å²) < 4.78 is 0. The number of piperazine rings is 1. The number of rotatable bonds is 6. The van der Waals surface area contributed by atoms with Gasteiger partial charge in [0.1, 0.15) is 0 Å². The molecule has 4 rings (SSSR count). The lowest BCUT2D eigenvalue weighted by atomic mass is 10.1. The first-order valence-corrected chi connectivity index (χ1v) is 11.7. The highest BCUT2D eigenvalue weighted by molar-refractivity contribution is 7.99. The number of hydrogen-bond donors (Lipinski definition) is 1. The Bertz CT molecular complexity index is 714. The first-order chi connectivity index (χ1) is 13.3. The number of thioether (sulfide) groups is 1. The molecule has 2 aliphatic rings. The molecule has 1 aromatic carbocycles. The number of hydrogen-bond acceptors (Lipinski definition) is 5. The lowest BCUT2D eigenvalue weighted by Crippen LogP contribution is -2.53. The summed E-state index contributed by atoms with van der Waals surface area (Å²) in [6.45, 7) is 4.82. The Morgan fingerprint density at radius 1 is 1.11 bits per heavy atom. The van der Waals surface area contributed by atoms with E-state index in [2.05, 4.69) is 62.3 Å². The summed E-state index contributed by atoms with van der Waals surface area (Å²) >= 11 is 3.56. The number of nitrogens with one attached hydrogen (secondary N) is 1. The number of thiophene rings is 1. The highest BCUT2D eigenvalue weighted by Gasteiger charge is 2.34. The van der Waals surface area contributed by atoms with Gasteiger partial charge in [-0.05, 0) is 47.3 Å². The van der Waals surface area contributed by atoms with Gasteiger partial charge in [-0.1, -0.05) is 30.3 Å². The summed E-state index contributed by atoms with van der Waals surface area (Å²) in [5.41, 5.74) is 2.71. The van der Waals surface area contributed by atoms with Gasteiger partial charge in [0.05, 0.1) is 11.4 Å². The number of aryl methyl sites for hydroxylation is 1. The second kappa shape index (κ2) is 9.24. The fourth-order valence-electron chi connectivity index (χ4n) is 3.79. The molecule has 3 heterocycles. The van der Waals surface area contributed by atoms with Crippen LogP contribution < -0.4 is 5.32 Å². The largest absolute Gasteiger partial charge is 0.339 e. The lowest BCUT2D eigenvalue weighted by molar-refractivity contribution is -0.134. The molecule has 6 heteroatoms. The predicted octanol–water partition coefficient (Wildman–Crippen LogP) is 3.23. The van der Waals surface area contributed by atoms with Crippen LogP contribution in [0.15, 0.2) is 47.2 Å². The maximum Gasteiger partial charge on any atom is 0.240 e. The van der Waals surface area contributed by atoms with Crippen molar-refractivity contribution in [3.05, 3.63) is 58.3 Å². The normalized spacial score (nSPS) is 23.6. The van der Waals surface area contributed by atoms with Crippen molar-refractivity contribution in [3.63, 3.8) is 0 Å². The first-order valence-electron chi connectivity index (χ1n) is 9.74. The second-order valence-electron chi connectivity index (χ2n) is 7.25. The maximum absolute atomic E-state index is 12.9.